The molecule has 27 heavy (non-hydrogen) atoms. The molecule has 3 rings (SSSR count). The van der Waals surface area contributed by atoms with Crippen LogP contribution in [0.4, 0.5) is 0 Å². The third-order valence-corrected chi connectivity index (χ3v) is 5.69. The highest BCUT2D eigenvalue weighted by molar-refractivity contribution is 14.0. The number of guanidine groups is 1. The number of nitrogens with zero attached hydrogens (tertiary/aromatic N) is 2. The van der Waals surface area contributed by atoms with Crippen LogP contribution in [-0.4, -0.2) is 37.0 Å². The van der Waals surface area contributed by atoms with E-state index in [9.17, 15) is 0 Å². The molecule has 2 N–H and O–H groups in total. The summed E-state index contributed by atoms with van der Waals surface area (Å²) in [7, 11) is 0. The summed E-state index contributed by atoms with van der Waals surface area (Å²) in [5.74, 6) is 1.66. The van der Waals surface area contributed by atoms with Crippen molar-refractivity contribution in [3.05, 3.63) is 58.3 Å². The van der Waals surface area contributed by atoms with Crippen LogP contribution in [0.3, 0.4) is 0 Å². The van der Waals surface area contributed by atoms with E-state index < -0.39 is 0 Å². The highest BCUT2D eigenvalue weighted by Gasteiger charge is 2.19. The van der Waals surface area contributed by atoms with Gasteiger partial charge in [0.05, 0.1) is 6.54 Å². The van der Waals surface area contributed by atoms with Gasteiger partial charge in [-0.2, -0.15) is 0 Å². The summed E-state index contributed by atoms with van der Waals surface area (Å²) >= 11 is 1.86. The number of benzene rings is 1. The molecule has 0 saturated carbocycles. The molecular formula is C21H31IN4S. The molecule has 1 aliphatic rings. The van der Waals surface area contributed by atoms with E-state index in [4.69, 9.17) is 4.99 Å². The van der Waals surface area contributed by atoms with E-state index in [0.717, 1.165) is 38.1 Å². The van der Waals surface area contributed by atoms with Gasteiger partial charge in [0.1, 0.15) is 0 Å². The van der Waals surface area contributed by atoms with Gasteiger partial charge in [-0.05, 0) is 55.8 Å². The van der Waals surface area contributed by atoms with Crippen molar-refractivity contribution >= 4 is 41.3 Å². The smallest absolute Gasteiger partial charge is 0.191 e. The van der Waals surface area contributed by atoms with Crippen molar-refractivity contribution < 1.29 is 0 Å². The maximum Gasteiger partial charge on any atom is 0.191 e. The molecule has 6 heteroatoms. The van der Waals surface area contributed by atoms with Crippen molar-refractivity contribution in [3.8, 4) is 0 Å². The maximum atomic E-state index is 4.72. The number of piperidine rings is 1. The molecule has 1 fully saturated rings. The van der Waals surface area contributed by atoms with Gasteiger partial charge < -0.3 is 10.6 Å². The van der Waals surface area contributed by atoms with Gasteiger partial charge in [0.25, 0.3) is 0 Å². The quantitative estimate of drug-likeness (QED) is 0.339. The molecule has 1 saturated heterocycles. The van der Waals surface area contributed by atoms with E-state index in [1.807, 2.05) is 17.4 Å². The van der Waals surface area contributed by atoms with Gasteiger partial charge in [-0.15, -0.1) is 35.3 Å². The standard InChI is InChI=1S/C21H30N4S.HI/c1-2-22-21(23-15-18-7-4-3-5-8-18)24-16-19-10-12-25(13-11-19)17-20-9-6-14-26-20;/h3-9,14,19H,2,10-13,15-17H2,1H3,(H2,22,23,24);1H. The Morgan fingerprint density at radius 2 is 1.89 bits per heavy atom. The van der Waals surface area contributed by atoms with Gasteiger partial charge in [-0.25, -0.2) is 4.99 Å². The van der Waals surface area contributed by atoms with Crippen molar-refractivity contribution in [1.82, 2.24) is 15.5 Å². The van der Waals surface area contributed by atoms with Crippen LogP contribution in [0, 0.1) is 5.92 Å². The van der Waals surface area contributed by atoms with Crippen molar-refractivity contribution in [2.24, 2.45) is 10.9 Å². The fraction of sp³-hybridized carbons (Fsp3) is 0.476. The summed E-state index contributed by atoms with van der Waals surface area (Å²) in [6.45, 7) is 8.23. The lowest BCUT2D eigenvalue weighted by atomic mass is 9.97. The van der Waals surface area contributed by atoms with Crippen LogP contribution in [-0.2, 0) is 13.1 Å². The highest BCUT2D eigenvalue weighted by Crippen LogP contribution is 2.20. The van der Waals surface area contributed by atoms with Gasteiger partial charge in [-0.1, -0.05) is 36.4 Å². The number of hydrogen-bond donors (Lipinski definition) is 2. The predicted octanol–water partition coefficient (Wildman–Crippen LogP) is 4.33. The van der Waals surface area contributed by atoms with Crippen LogP contribution in [0.1, 0.15) is 30.2 Å². The van der Waals surface area contributed by atoms with E-state index in [-0.39, 0.29) is 24.0 Å². The molecule has 4 nitrogen and oxygen atoms in total. The van der Waals surface area contributed by atoms with Gasteiger partial charge in [0, 0.05) is 24.5 Å². The van der Waals surface area contributed by atoms with Crippen molar-refractivity contribution in [3.63, 3.8) is 0 Å². The summed E-state index contributed by atoms with van der Waals surface area (Å²) in [5.41, 5.74) is 1.24. The summed E-state index contributed by atoms with van der Waals surface area (Å²) in [6, 6.07) is 14.8. The number of thiophene rings is 1. The predicted molar refractivity (Wildman–Crippen MR) is 127 cm³/mol. The molecule has 1 aromatic carbocycles. The van der Waals surface area contributed by atoms with Crippen LogP contribution in [0.5, 0.6) is 0 Å². The summed E-state index contributed by atoms with van der Waals surface area (Å²) in [4.78, 5) is 8.77. The van der Waals surface area contributed by atoms with Crippen LogP contribution in [0.15, 0.2) is 52.8 Å². The summed E-state index contributed by atoms with van der Waals surface area (Å²) < 4.78 is 0. The summed E-state index contributed by atoms with van der Waals surface area (Å²) in [6.07, 6.45) is 2.52. The minimum Gasteiger partial charge on any atom is -0.357 e. The van der Waals surface area contributed by atoms with E-state index in [2.05, 4.69) is 64.2 Å². The average Bonchev–Trinajstić information content (AvgIpc) is 3.19. The molecule has 0 bridgehead atoms. The molecule has 0 unspecified atom stereocenters. The molecule has 0 aliphatic carbocycles. The molecule has 0 spiro atoms. The number of rotatable bonds is 7. The van der Waals surface area contributed by atoms with E-state index in [1.165, 1.54) is 36.4 Å². The van der Waals surface area contributed by atoms with Crippen molar-refractivity contribution in [2.45, 2.75) is 32.9 Å². The van der Waals surface area contributed by atoms with Gasteiger partial charge in [0.2, 0.25) is 0 Å². The summed E-state index contributed by atoms with van der Waals surface area (Å²) in [5, 5.41) is 9.07. The monoisotopic (exact) mass is 498 g/mol. The molecule has 148 valence electrons. The Balaban J connectivity index is 0.00000261. The fourth-order valence-corrected chi connectivity index (χ4v) is 4.05. The highest BCUT2D eigenvalue weighted by atomic mass is 127. The molecular weight excluding hydrogens is 467 g/mol. The molecule has 0 atom stereocenters. The number of likely N-dealkylation sites (tertiary alicyclic amines) is 1. The van der Waals surface area contributed by atoms with Crippen molar-refractivity contribution in [2.75, 3.05) is 26.2 Å². The van der Waals surface area contributed by atoms with Crippen LogP contribution in [0.2, 0.25) is 0 Å². The van der Waals surface area contributed by atoms with Gasteiger partial charge >= 0.3 is 0 Å². The normalized spacial score (nSPS) is 16.0. The Hall–Kier alpha value is -1.12. The average molecular weight is 498 g/mol. The Labute approximate surface area is 184 Å². The maximum absolute atomic E-state index is 4.72. The van der Waals surface area contributed by atoms with Gasteiger partial charge in [-0.3, -0.25) is 4.90 Å². The SMILES string of the molecule is CCNC(=NCc1ccccc1)NCC1CCN(Cc2cccs2)CC1.I. The molecule has 2 heterocycles. The zero-order chi connectivity index (χ0) is 18.0. The molecule has 1 aromatic heterocycles. The largest absolute Gasteiger partial charge is 0.357 e. The second-order valence-electron chi connectivity index (χ2n) is 6.86. The van der Waals surface area contributed by atoms with E-state index in [1.54, 1.807) is 0 Å². The molecule has 0 radical (unpaired) electrons. The third kappa shape index (κ3) is 7.79. The fourth-order valence-electron chi connectivity index (χ4n) is 3.31. The first-order valence-electron chi connectivity index (χ1n) is 9.64. The molecule has 2 aromatic rings. The number of halogens is 1. The Bertz CT molecular complexity index is 652. The lowest BCUT2D eigenvalue weighted by Crippen LogP contribution is -2.42. The third-order valence-electron chi connectivity index (χ3n) is 4.83. The zero-order valence-corrected chi connectivity index (χ0v) is 19.2. The van der Waals surface area contributed by atoms with E-state index in [0.29, 0.717) is 0 Å². The van der Waals surface area contributed by atoms with Crippen molar-refractivity contribution in [1.29, 1.82) is 0 Å². The topological polar surface area (TPSA) is 39.7 Å². The molecule has 0 amide bonds. The second kappa shape index (κ2) is 12.4. The second-order valence-corrected chi connectivity index (χ2v) is 7.89. The lowest BCUT2D eigenvalue weighted by molar-refractivity contribution is 0.179. The number of nitrogens with one attached hydrogen (secondary N) is 2. The first-order chi connectivity index (χ1) is 12.8. The minimum atomic E-state index is 0. The minimum absolute atomic E-state index is 0. The lowest BCUT2D eigenvalue weighted by Gasteiger charge is -2.32. The number of hydrogen-bond acceptors (Lipinski definition) is 3. The molecule has 1 aliphatic heterocycles. The first-order valence-corrected chi connectivity index (χ1v) is 10.5. The Kier molecular flexibility index (Phi) is 10.2. The Morgan fingerprint density at radius 1 is 1.11 bits per heavy atom. The van der Waals surface area contributed by atoms with Crippen LogP contribution in [0.25, 0.3) is 0 Å². The van der Waals surface area contributed by atoms with E-state index >= 15 is 0 Å². The number of aliphatic imine (C=N–C) groups is 1. The van der Waals surface area contributed by atoms with Gasteiger partial charge in [0.15, 0.2) is 5.96 Å². The first kappa shape index (κ1) is 22.2. The zero-order valence-electron chi connectivity index (χ0n) is 16.1. The Morgan fingerprint density at radius 3 is 2.56 bits per heavy atom. The van der Waals surface area contributed by atoms with Crippen LogP contribution >= 0.6 is 35.3 Å². The van der Waals surface area contributed by atoms with Crippen LogP contribution < -0.4 is 10.6 Å².